The molecule has 2 aliphatic rings. The van der Waals surface area contributed by atoms with E-state index in [4.69, 9.17) is 5.73 Å². The van der Waals surface area contributed by atoms with Gasteiger partial charge in [0.05, 0.1) is 11.4 Å². The molecule has 7 heteroatoms. The summed E-state index contributed by atoms with van der Waals surface area (Å²) in [5.41, 5.74) is 8.86. The Kier molecular flexibility index (Phi) is 3.91. The number of fused-ring (bicyclic) bond motifs is 2. The Hall–Kier alpha value is -2.15. The van der Waals surface area contributed by atoms with E-state index in [0.717, 1.165) is 29.0 Å². The van der Waals surface area contributed by atoms with Crippen molar-refractivity contribution in [3.63, 3.8) is 0 Å². The number of hydrogen-bond donors (Lipinski definition) is 1. The van der Waals surface area contributed by atoms with E-state index in [0.29, 0.717) is 25.4 Å². The molecule has 1 aliphatic heterocycles. The lowest BCUT2D eigenvalue weighted by molar-refractivity contribution is 0.0736. The molecule has 2 aromatic rings. The number of nitrogens with zero attached hydrogens (tertiary/aromatic N) is 3. The molecule has 1 atom stereocenters. The van der Waals surface area contributed by atoms with Crippen molar-refractivity contribution in [2.45, 2.75) is 39.2 Å². The molecule has 0 spiro atoms. The van der Waals surface area contributed by atoms with E-state index < -0.39 is 5.91 Å². The van der Waals surface area contributed by atoms with E-state index >= 15 is 0 Å². The summed E-state index contributed by atoms with van der Waals surface area (Å²) in [6, 6.07) is 2.08. The lowest BCUT2D eigenvalue weighted by Gasteiger charge is -2.27. The fourth-order valence-electron chi connectivity index (χ4n) is 3.93. The highest BCUT2D eigenvalue weighted by atomic mass is 32.1. The van der Waals surface area contributed by atoms with Crippen LogP contribution < -0.4 is 5.73 Å². The Balaban J connectivity index is 1.60. The van der Waals surface area contributed by atoms with Crippen LogP contribution in [0.1, 0.15) is 55.2 Å². The van der Waals surface area contributed by atoms with Gasteiger partial charge in [-0.25, -0.2) is 0 Å². The second-order valence-corrected chi connectivity index (χ2v) is 8.28. The molecule has 25 heavy (non-hydrogen) atoms. The maximum absolute atomic E-state index is 13.0. The van der Waals surface area contributed by atoms with Crippen molar-refractivity contribution in [3.05, 3.63) is 38.3 Å². The summed E-state index contributed by atoms with van der Waals surface area (Å²) in [4.78, 5) is 28.6. The van der Waals surface area contributed by atoms with Crippen LogP contribution in [0.15, 0.2) is 6.07 Å². The summed E-state index contributed by atoms with van der Waals surface area (Å²) in [7, 11) is 1.82. The Morgan fingerprint density at radius 1 is 1.36 bits per heavy atom. The van der Waals surface area contributed by atoms with Crippen LogP contribution >= 0.6 is 11.3 Å². The van der Waals surface area contributed by atoms with Gasteiger partial charge in [-0.15, -0.1) is 11.3 Å². The lowest BCUT2D eigenvalue weighted by atomic mass is 9.90. The van der Waals surface area contributed by atoms with Crippen molar-refractivity contribution in [1.82, 2.24) is 14.7 Å². The van der Waals surface area contributed by atoms with Gasteiger partial charge in [0.15, 0.2) is 5.69 Å². The van der Waals surface area contributed by atoms with Crippen LogP contribution in [-0.4, -0.2) is 33.0 Å². The van der Waals surface area contributed by atoms with Gasteiger partial charge in [0.1, 0.15) is 0 Å². The number of carbonyl (C=O) groups is 2. The first-order valence-corrected chi connectivity index (χ1v) is 9.51. The van der Waals surface area contributed by atoms with E-state index in [1.54, 1.807) is 16.0 Å². The van der Waals surface area contributed by atoms with Gasteiger partial charge in [-0.05, 0) is 36.8 Å². The first kappa shape index (κ1) is 16.3. The summed E-state index contributed by atoms with van der Waals surface area (Å²) in [6.07, 6.45) is 4.04. The third-order valence-corrected chi connectivity index (χ3v) is 6.53. The molecule has 0 saturated carbocycles. The molecule has 2 amide bonds. The standard InChI is InChI=1S/C18H22N4O2S/c1-10-3-4-14-11(7-10)8-15(25-14)18(24)22-6-5-13-12(9-22)16(17(19)23)20-21(13)2/h8,10H,3-7,9H2,1-2H3,(H2,19,23)/t10-/m0/s1. The molecule has 0 saturated heterocycles. The minimum atomic E-state index is -0.535. The molecule has 2 N–H and O–H groups in total. The van der Waals surface area contributed by atoms with Gasteiger partial charge in [-0.1, -0.05) is 6.92 Å². The summed E-state index contributed by atoms with van der Waals surface area (Å²) in [6.45, 7) is 3.31. The van der Waals surface area contributed by atoms with Crippen molar-refractivity contribution < 1.29 is 9.59 Å². The van der Waals surface area contributed by atoms with Crippen LogP contribution in [0.4, 0.5) is 0 Å². The largest absolute Gasteiger partial charge is 0.364 e. The maximum atomic E-state index is 13.0. The van der Waals surface area contributed by atoms with E-state index in [1.165, 1.54) is 16.9 Å². The summed E-state index contributed by atoms with van der Waals surface area (Å²) in [5, 5.41) is 4.23. The zero-order valence-corrected chi connectivity index (χ0v) is 15.4. The van der Waals surface area contributed by atoms with E-state index in [1.807, 2.05) is 11.9 Å². The van der Waals surface area contributed by atoms with E-state index in [9.17, 15) is 9.59 Å². The minimum Gasteiger partial charge on any atom is -0.364 e. The first-order valence-electron chi connectivity index (χ1n) is 8.69. The Labute approximate surface area is 150 Å². The van der Waals surface area contributed by atoms with Crippen molar-refractivity contribution in [1.29, 1.82) is 0 Å². The average Bonchev–Trinajstić information content (AvgIpc) is 3.15. The Morgan fingerprint density at radius 2 is 2.16 bits per heavy atom. The maximum Gasteiger partial charge on any atom is 0.269 e. The molecule has 4 rings (SSSR count). The summed E-state index contributed by atoms with van der Waals surface area (Å²) >= 11 is 1.63. The number of primary amides is 1. The topological polar surface area (TPSA) is 81.2 Å². The number of amides is 2. The van der Waals surface area contributed by atoms with Gasteiger partial charge in [0, 0.05) is 36.1 Å². The minimum absolute atomic E-state index is 0.0528. The summed E-state index contributed by atoms with van der Waals surface area (Å²) < 4.78 is 1.71. The number of aryl methyl sites for hydroxylation is 2. The molecule has 132 valence electrons. The third-order valence-electron chi connectivity index (χ3n) is 5.30. The highest BCUT2D eigenvalue weighted by Crippen LogP contribution is 2.33. The van der Waals surface area contributed by atoms with Gasteiger partial charge < -0.3 is 10.6 Å². The van der Waals surface area contributed by atoms with Crippen molar-refractivity contribution in [2.75, 3.05) is 6.54 Å². The van der Waals surface area contributed by atoms with Gasteiger partial charge in [-0.3, -0.25) is 14.3 Å². The van der Waals surface area contributed by atoms with Crippen molar-refractivity contribution in [2.24, 2.45) is 18.7 Å². The molecule has 6 nitrogen and oxygen atoms in total. The molecular weight excluding hydrogens is 336 g/mol. The van der Waals surface area contributed by atoms with Crippen LogP contribution in [0.2, 0.25) is 0 Å². The van der Waals surface area contributed by atoms with Gasteiger partial charge in [0.2, 0.25) is 0 Å². The predicted octanol–water partition coefficient (Wildman–Crippen LogP) is 1.90. The Morgan fingerprint density at radius 3 is 2.92 bits per heavy atom. The zero-order valence-electron chi connectivity index (χ0n) is 14.5. The molecule has 0 aromatic carbocycles. The van der Waals surface area contributed by atoms with Gasteiger partial charge >= 0.3 is 0 Å². The van der Waals surface area contributed by atoms with Crippen LogP contribution in [-0.2, 0) is 32.9 Å². The van der Waals surface area contributed by atoms with Crippen molar-refractivity contribution >= 4 is 23.2 Å². The lowest BCUT2D eigenvalue weighted by Crippen LogP contribution is -2.36. The second-order valence-electron chi connectivity index (χ2n) is 7.15. The molecule has 0 bridgehead atoms. The molecule has 2 aromatic heterocycles. The highest BCUT2D eigenvalue weighted by Gasteiger charge is 2.30. The molecule has 0 fully saturated rings. The number of thiophene rings is 1. The normalized spacial score (nSPS) is 19.4. The number of hydrogen-bond acceptors (Lipinski definition) is 4. The van der Waals surface area contributed by atoms with Crippen LogP contribution in [0.3, 0.4) is 0 Å². The number of rotatable bonds is 2. The van der Waals surface area contributed by atoms with Crippen LogP contribution in [0.5, 0.6) is 0 Å². The van der Waals surface area contributed by atoms with E-state index in [-0.39, 0.29) is 11.6 Å². The molecule has 0 unspecified atom stereocenters. The number of aromatic nitrogens is 2. The quantitative estimate of drug-likeness (QED) is 0.890. The summed E-state index contributed by atoms with van der Waals surface area (Å²) in [5.74, 6) is 0.208. The van der Waals surface area contributed by atoms with E-state index in [2.05, 4.69) is 18.1 Å². The first-order chi connectivity index (χ1) is 11.9. The average molecular weight is 358 g/mol. The van der Waals surface area contributed by atoms with Crippen LogP contribution in [0, 0.1) is 5.92 Å². The highest BCUT2D eigenvalue weighted by molar-refractivity contribution is 7.14. The van der Waals surface area contributed by atoms with Crippen LogP contribution in [0.25, 0.3) is 0 Å². The fourth-order valence-corrected chi connectivity index (χ4v) is 5.11. The fraction of sp³-hybridized carbons (Fsp3) is 0.500. The monoisotopic (exact) mass is 358 g/mol. The van der Waals surface area contributed by atoms with Crippen molar-refractivity contribution in [3.8, 4) is 0 Å². The third kappa shape index (κ3) is 2.76. The predicted molar refractivity (Wildman–Crippen MR) is 95.7 cm³/mol. The molecule has 3 heterocycles. The SMILES string of the molecule is C[C@H]1CCc2sc(C(=O)N3CCc4c(c(C(N)=O)nn4C)C3)cc2C1. The second kappa shape index (κ2) is 5.98. The molecule has 1 aliphatic carbocycles. The smallest absolute Gasteiger partial charge is 0.269 e. The Bertz CT molecular complexity index is 867. The van der Waals surface area contributed by atoms with Gasteiger partial charge in [-0.2, -0.15) is 5.10 Å². The number of carbonyl (C=O) groups excluding carboxylic acids is 2. The molecular formula is C18H22N4O2S. The zero-order chi connectivity index (χ0) is 17.7. The number of nitrogens with two attached hydrogens (primary N) is 1. The van der Waals surface area contributed by atoms with Gasteiger partial charge in [0.25, 0.3) is 11.8 Å². The molecule has 0 radical (unpaired) electrons.